The number of hydrogen-bond acceptors (Lipinski definition) is 6. The summed E-state index contributed by atoms with van der Waals surface area (Å²) in [5, 5.41) is 25.1. The minimum Gasteiger partial charge on any atom is -0.495 e. The number of methoxy groups -OCH3 is 1. The number of aliphatic carboxylic acids is 1. The molecule has 2 amide bonds. The summed E-state index contributed by atoms with van der Waals surface area (Å²) in [4.78, 5) is 40.6. The number of carbonyl (C=O) groups is 3. The van der Waals surface area contributed by atoms with Crippen LogP contribution in [0.3, 0.4) is 0 Å². The molecule has 1 aromatic carbocycles. The first kappa shape index (κ1) is 30.5. The summed E-state index contributed by atoms with van der Waals surface area (Å²) < 4.78 is 5.15. The van der Waals surface area contributed by atoms with Gasteiger partial charge in [0.1, 0.15) is 11.8 Å². The Bertz CT molecular complexity index is 1140. The molecule has 9 nitrogen and oxygen atoms in total. The summed E-state index contributed by atoms with van der Waals surface area (Å²) in [6.45, 7) is 3.25. The number of carboxylic acids is 1. The lowest BCUT2D eigenvalue weighted by Gasteiger charge is -2.19. The van der Waals surface area contributed by atoms with Crippen LogP contribution in [0.15, 0.2) is 61.0 Å². The second kappa shape index (κ2) is 15.5. The Morgan fingerprint density at radius 1 is 1.21 bits per heavy atom. The number of nitrogens with one attached hydrogen (secondary N) is 2. The van der Waals surface area contributed by atoms with E-state index in [-0.39, 0.29) is 25.3 Å². The number of rotatable bonds is 14. The number of aliphatic hydroxyl groups is 1. The van der Waals surface area contributed by atoms with E-state index in [1.165, 1.54) is 20.1 Å². The highest BCUT2D eigenvalue weighted by Crippen LogP contribution is 2.25. The quantitative estimate of drug-likeness (QED) is 0.268. The standard InChI is InChI=1S/C28H34ClN3O6/c1-18(9-10-20-6-5-13-30-17-20)24(33)7-4-8-26(34)32-23(27(35)31-16-19(2)28(36)37)15-21-11-12-25(38-3)22(29)14-21/h4-6,8-14,17-19,23-24,33H,7,15-16H2,1-3H3,(H,31,35)(H,32,34)(H,36,37)/b8-4+,10-9+/t18-,19-,23-,24+/m1/s1. The summed E-state index contributed by atoms with van der Waals surface area (Å²) in [6, 6.07) is 7.77. The molecule has 2 rings (SSSR count). The molecule has 0 saturated heterocycles. The monoisotopic (exact) mass is 543 g/mol. The van der Waals surface area contributed by atoms with Gasteiger partial charge >= 0.3 is 5.97 Å². The van der Waals surface area contributed by atoms with Gasteiger partial charge < -0.3 is 25.6 Å². The van der Waals surface area contributed by atoms with E-state index in [2.05, 4.69) is 15.6 Å². The summed E-state index contributed by atoms with van der Waals surface area (Å²) >= 11 is 6.20. The molecule has 4 N–H and O–H groups in total. The third-order valence-corrected chi connectivity index (χ3v) is 6.12. The zero-order valence-electron chi connectivity index (χ0n) is 21.6. The van der Waals surface area contributed by atoms with Crippen molar-refractivity contribution < 1.29 is 29.3 Å². The highest BCUT2D eigenvalue weighted by molar-refractivity contribution is 6.32. The molecule has 0 aliphatic rings. The van der Waals surface area contributed by atoms with Crippen LogP contribution in [0, 0.1) is 11.8 Å². The lowest BCUT2D eigenvalue weighted by molar-refractivity contribution is -0.141. The molecule has 204 valence electrons. The molecule has 2 aromatic rings. The second-order valence-electron chi connectivity index (χ2n) is 8.93. The van der Waals surface area contributed by atoms with Crippen LogP contribution >= 0.6 is 11.6 Å². The molecule has 0 radical (unpaired) electrons. The van der Waals surface area contributed by atoms with Crippen LogP contribution in [0.5, 0.6) is 5.75 Å². The zero-order chi connectivity index (χ0) is 28.1. The van der Waals surface area contributed by atoms with Crippen molar-refractivity contribution >= 4 is 35.5 Å². The van der Waals surface area contributed by atoms with E-state index in [0.717, 1.165) is 5.56 Å². The number of nitrogens with zero attached hydrogens (tertiary/aromatic N) is 1. The SMILES string of the molecule is COc1ccc(C[C@@H](NC(=O)/C=C/C[C@H](O)[C@H](C)/C=C/c2cccnc2)C(=O)NC[C@@H](C)C(=O)O)cc1Cl. The maximum atomic E-state index is 12.8. The Balaban J connectivity index is 2.01. The molecule has 0 aliphatic heterocycles. The van der Waals surface area contributed by atoms with Gasteiger partial charge in [0.05, 0.1) is 24.2 Å². The zero-order valence-corrected chi connectivity index (χ0v) is 22.4. The first-order valence-electron chi connectivity index (χ1n) is 12.2. The lowest BCUT2D eigenvalue weighted by atomic mass is 10.0. The molecule has 0 bridgehead atoms. The van der Waals surface area contributed by atoms with Gasteiger partial charge in [-0.2, -0.15) is 0 Å². The average molecular weight is 544 g/mol. The number of benzene rings is 1. The van der Waals surface area contributed by atoms with E-state index >= 15 is 0 Å². The first-order valence-corrected chi connectivity index (χ1v) is 12.5. The summed E-state index contributed by atoms with van der Waals surface area (Å²) in [7, 11) is 1.49. The number of halogens is 1. The molecule has 0 unspecified atom stereocenters. The van der Waals surface area contributed by atoms with Crippen LogP contribution in [0.4, 0.5) is 0 Å². The van der Waals surface area contributed by atoms with Crippen LogP contribution in [0.1, 0.15) is 31.4 Å². The normalized spacial score (nSPS) is 14.6. The fraction of sp³-hybridized carbons (Fsp3) is 0.357. The molecule has 10 heteroatoms. The van der Waals surface area contributed by atoms with Gasteiger partial charge in [-0.15, -0.1) is 0 Å². The van der Waals surface area contributed by atoms with Gasteiger partial charge in [0.25, 0.3) is 0 Å². The van der Waals surface area contributed by atoms with Gasteiger partial charge in [0, 0.05) is 31.3 Å². The van der Waals surface area contributed by atoms with Crippen molar-refractivity contribution in [2.45, 2.75) is 38.8 Å². The first-order chi connectivity index (χ1) is 18.1. The number of aromatic nitrogens is 1. The molecule has 0 fully saturated rings. The van der Waals surface area contributed by atoms with Crippen LogP contribution in [-0.4, -0.2) is 58.8 Å². The Hall–Kier alpha value is -3.69. The summed E-state index contributed by atoms with van der Waals surface area (Å²) in [5.74, 6) is -2.58. The van der Waals surface area contributed by atoms with E-state index in [0.29, 0.717) is 16.3 Å². The van der Waals surface area contributed by atoms with Crippen LogP contribution < -0.4 is 15.4 Å². The minimum atomic E-state index is -1.04. The number of aliphatic hydroxyl groups excluding tert-OH is 1. The van der Waals surface area contributed by atoms with E-state index in [9.17, 15) is 19.5 Å². The van der Waals surface area contributed by atoms with Crippen LogP contribution in [0.25, 0.3) is 6.08 Å². The van der Waals surface area contributed by atoms with Crippen molar-refractivity contribution in [3.8, 4) is 5.75 Å². The Morgan fingerprint density at radius 2 is 1.97 bits per heavy atom. The van der Waals surface area contributed by atoms with Crippen molar-refractivity contribution in [3.05, 3.63) is 77.1 Å². The predicted molar refractivity (Wildman–Crippen MR) is 146 cm³/mol. The lowest BCUT2D eigenvalue weighted by Crippen LogP contribution is -2.48. The van der Waals surface area contributed by atoms with E-state index in [1.807, 2.05) is 31.2 Å². The smallest absolute Gasteiger partial charge is 0.308 e. The fourth-order valence-corrected chi connectivity index (χ4v) is 3.64. The molecule has 1 aromatic heterocycles. The minimum absolute atomic E-state index is 0.0869. The number of hydrogen-bond donors (Lipinski definition) is 4. The maximum absolute atomic E-state index is 12.8. The Kier molecular flexibility index (Phi) is 12.5. The van der Waals surface area contributed by atoms with Crippen molar-refractivity contribution in [2.75, 3.05) is 13.7 Å². The largest absolute Gasteiger partial charge is 0.495 e. The topological polar surface area (TPSA) is 138 Å². The number of ether oxygens (including phenoxy) is 1. The summed E-state index contributed by atoms with van der Waals surface area (Å²) in [6.07, 6.45) is 9.58. The molecule has 0 spiro atoms. The Labute approximate surface area is 227 Å². The van der Waals surface area contributed by atoms with Gasteiger partial charge in [-0.1, -0.05) is 55.8 Å². The third-order valence-electron chi connectivity index (χ3n) is 5.82. The van der Waals surface area contributed by atoms with Gasteiger partial charge in [0.2, 0.25) is 11.8 Å². The number of amides is 2. The van der Waals surface area contributed by atoms with Gasteiger partial charge in [-0.05, 0) is 41.8 Å². The van der Waals surface area contributed by atoms with Crippen LogP contribution in [-0.2, 0) is 20.8 Å². The number of pyridine rings is 1. The fourth-order valence-electron chi connectivity index (χ4n) is 3.36. The predicted octanol–water partition coefficient (Wildman–Crippen LogP) is 3.26. The van der Waals surface area contributed by atoms with Gasteiger partial charge in [0.15, 0.2) is 0 Å². The van der Waals surface area contributed by atoms with Gasteiger partial charge in [-0.3, -0.25) is 19.4 Å². The van der Waals surface area contributed by atoms with Gasteiger partial charge in [-0.25, -0.2) is 0 Å². The average Bonchev–Trinajstić information content (AvgIpc) is 2.90. The highest BCUT2D eigenvalue weighted by Gasteiger charge is 2.22. The van der Waals surface area contributed by atoms with Crippen LogP contribution in [0.2, 0.25) is 5.02 Å². The van der Waals surface area contributed by atoms with E-state index in [1.54, 1.807) is 36.7 Å². The van der Waals surface area contributed by atoms with E-state index in [4.69, 9.17) is 21.4 Å². The van der Waals surface area contributed by atoms with Crippen molar-refractivity contribution in [1.82, 2.24) is 15.6 Å². The summed E-state index contributed by atoms with van der Waals surface area (Å²) in [5.41, 5.74) is 1.60. The number of carbonyl (C=O) groups excluding carboxylic acids is 2. The number of carboxylic acid groups (broad SMARTS) is 1. The molecule has 0 saturated carbocycles. The molecule has 4 atom stereocenters. The van der Waals surface area contributed by atoms with Crippen molar-refractivity contribution in [1.29, 1.82) is 0 Å². The van der Waals surface area contributed by atoms with Crippen molar-refractivity contribution in [3.63, 3.8) is 0 Å². The molecular formula is C28H34ClN3O6. The molecular weight excluding hydrogens is 510 g/mol. The van der Waals surface area contributed by atoms with E-state index < -0.39 is 35.8 Å². The Morgan fingerprint density at radius 3 is 2.61 bits per heavy atom. The molecule has 0 aliphatic carbocycles. The molecule has 38 heavy (non-hydrogen) atoms. The van der Waals surface area contributed by atoms with Crippen molar-refractivity contribution in [2.24, 2.45) is 11.8 Å². The second-order valence-corrected chi connectivity index (χ2v) is 9.34. The highest BCUT2D eigenvalue weighted by atomic mass is 35.5. The maximum Gasteiger partial charge on any atom is 0.308 e. The molecule has 1 heterocycles. The third kappa shape index (κ3) is 10.4.